The van der Waals surface area contributed by atoms with E-state index in [1.54, 1.807) is 0 Å². The Morgan fingerprint density at radius 1 is 0.667 bits per heavy atom. The molecule has 0 aromatic heterocycles. The van der Waals surface area contributed by atoms with Crippen molar-refractivity contribution in [1.82, 2.24) is 0 Å². The fourth-order valence-corrected chi connectivity index (χ4v) is 6.29. The Morgan fingerprint density at radius 3 is 1.61 bits per heavy atom. The van der Waals surface area contributed by atoms with Crippen LogP contribution in [-0.4, -0.2) is 65.1 Å². The molecule has 4 rings (SSSR count). The maximum Gasteiger partial charge on any atom is 0.0708 e. The molecule has 0 aromatic rings. The van der Waals surface area contributed by atoms with E-state index in [0.29, 0.717) is 52.9 Å². The summed E-state index contributed by atoms with van der Waals surface area (Å²) in [7, 11) is 0. The quantitative estimate of drug-likeness (QED) is 0.246. The van der Waals surface area contributed by atoms with Crippen molar-refractivity contribution in [2.45, 2.75) is 83.7 Å². The van der Waals surface area contributed by atoms with Crippen molar-refractivity contribution < 1.29 is 23.7 Å². The van der Waals surface area contributed by atoms with Gasteiger partial charge in [0.2, 0.25) is 0 Å². The molecule has 0 N–H and O–H groups in total. The summed E-state index contributed by atoms with van der Waals surface area (Å²) in [6, 6.07) is 2.35. The Hall–Kier alpha value is -0.710. The zero-order valence-electron chi connectivity index (χ0n) is 21.2. The average molecular weight is 466 g/mol. The van der Waals surface area contributed by atoms with Gasteiger partial charge in [-0.05, 0) is 83.0 Å². The Kier molecular flexibility index (Phi) is 11.4. The maximum atomic E-state index is 8.99. The topological polar surface area (TPSA) is 69.9 Å². The first-order chi connectivity index (χ1) is 16.0. The van der Waals surface area contributed by atoms with Gasteiger partial charge in [-0.3, -0.25) is 0 Å². The van der Waals surface area contributed by atoms with E-state index >= 15 is 0 Å². The third-order valence-electron chi connectivity index (χ3n) is 7.63. The average Bonchev–Trinajstić information content (AvgIpc) is 2.77. The molecule has 6 nitrogen and oxygen atoms in total. The first kappa shape index (κ1) is 26.9. The van der Waals surface area contributed by atoms with Crippen molar-refractivity contribution in [2.24, 2.45) is 23.2 Å². The Bertz CT molecular complexity index is 552. The van der Waals surface area contributed by atoms with E-state index in [1.807, 2.05) is 13.8 Å². The maximum absolute atomic E-state index is 8.99. The lowest BCUT2D eigenvalue weighted by Gasteiger charge is -2.56. The molecule has 0 aliphatic heterocycles. The second-order valence-corrected chi connectivity index (χ2v) is 11.2. The molecule has 0 unspecified atom stereocenters. The van der Waals surface area contributed by atoms with Gasteiger partial charge in [0.1, 0.15) is 0 Å². The predicted octanol–water partition coefficient (Wildman–Crippen LogP) is 5.15. The third kappa shape index (κ3) is 9.82. The SMILES string of the molecule is CC(C)(C#N)CCCCCOCCOCCOCCOCCOC12CC3CC(CC(C3)C1)C2. The third-order valence-corrected chi connectivity index (χ3v) is 7.63. The molecule has 33 heavy (non-hydrogen) atoms. The highest BCUT2D eigenvalue weighted by atomic mass is 16.6. The van der Waals surface area contributed by atoms with Crippen molar-refractivity contribution in [2.75, 3.05) is 59.5 Å². The molecule has 6 heteroatoms. The molecule has 4 saturated carbocycles. The molecule has 4 aliphatic carbocycles. The van der Waals surface area contributed by atoms with Crippen molar-refractivity contribution in [3.8, 4) is 6.07 Å². The molecule has 0 heterocycles. The number of nitrogens with zero attached hydrogens (tertiary/aromatic N) is 1. The molecule has 4 fully saturated rings. The van der Waals surface area contributed by atoms with Crippen LogP contribution in [0.15, 0.2) is 0 Å². The summed E-state index contributed by atoms with van der Waals surface area (Å²) < 4.78 is 28.8. The van der Waals surface area contributed by atoms with Crippen LogP contribution in [-0.2, 0) is 23.7 Å². The fraction of sp³-hybridized carbons (Fsp3) is 0.963. The van der Waals surface area contributed by atoms with Gasteiger partial charge in [-0.1, -0.05) is 12.8 Å². The summed E-state index contributed by atoms with van der Waals surface area (Å²) in [6.45, 7) is 9.73. The normalized spacial score (nSPS) is 28.3. The first-order valence-corrected chi connectivity index (χ1v) is 13.4. The molecular weight excluding hydrogens is 418 g/mol. The molecule has 0 amide bonds. The molecule has 0 aromatic carbocycles. The van der Waals surface area contributed by atoms with Crippen LogP contribution in [0, 0.1) is 34.5 Å². The smallest absolute Gasteiger partial charge is 0.0708 e. The number of unbranched alkanes of at least 4 members (excludes halogenated alkanes) is 2. The number of nitriles is 1. The summed E-state index contributed by atoms with van der Waals surface area (Å²) in [5, 5.41) is 8.99. The van der Waals surface area contributed by atoms with E-state index in [9.17, 15) is 0 Å². The highest BCUT2D eigenvalue weighted by molar-refractivity contribution is 5.03. The molecular formula is C27H47NO5. The van der Waals surface area contributed by atoms with E-state index in [2.05, 4.69) is 6.07 Å². The van der Waals surface area contributed by atoms with Gasteiger partial charge in [0.05, 0.1) is 69.9 Å². The van der Waals surface area contributed by atoms with E-state index < -0.39 is 0 Å². The van der Waals surface area contributed by atoms with E-state index in [0.717, 1.165) is 50.0 Å². The van der Waals surface area contributed by atoms with Crippen LogP contribution >= 0.6 is 0 Å². The number of hydrogen-bond donors (Lipinski definition) is 0. The molecule has 4 aliphatic rings. The highest BCUT2D eigenvalue weighted by Crippen LogP contribution is 2.57. The second kappa shape index (κ2) is 14.0. The van der Waals surface area contributed by atoms with Crippen LogP contribution in [0.1, 0.15) is 78.1 Å². The zero-order chi connectivity index (χ0) is 23.4. The second-order valence-electron chi connectivity index (χ2n) is 11.2. The zero-order valence-corrected chi connectivity index (χ0v) is 21.2. The minimum atomic E-state index is -0.203. The molecule has 0 atom stereocenters. The van der Waals surface area contributed by atoms with Gasteiger partial charge in [0, 0.05) is 6.61 Å². The highest BCUT2D eigenvalue weighted by Gasteiger charge is 2.51. The Balaban J connectivity index is 1.02. The van der Waals surface area contributed by atoms with Crippen LogP contribution in [0.2, 0.25) is 0 Å². The van der Waals surface area contributed by atoms with Gasteiger partial charge in [-0.15, -0.1) is 0 Å². The number of hydrogen-bond acceptors (Lipinski definition) is 6. The molecule has 0 radical (unpaired) electrons. The fourth-order valence-electron chi connectivity index (χ4n) is 6.29. The summed E-state index contributed by atoms with van der Waals surface area (Å²) >= 11 is 0. The molecule has 190 valence electrons. The van der Waals surface area contributed by atoms with E-state index in [4.69, 9.17) is 28.9 Å². The Labute approximate surface area is 201 Å². The lowest BCUT2D eigenvalue weighted by Crippen LogP contribution is -2.52. The lowest BCUT2D eigenvalue weighted by atomic mass is 9.54. The van der Waals surface area contributed by atoms with Gasteiger partial charge in [-0.25, -0.2) is 0 Å². The van der Waals surface area contributed by atoms with Crippen molar-refractivity contribution in [3.05, 3.63) is 0 Å². The summed E-state index contributed by atoms with van der Waals surface area (Å²) in [5.41, 5.74) is -0.0179. The van der Waals surface area contributed by atoms with E-state index in [1.165, 1.54) is 38.5 Å². The number of rotatable bonds is 19. The van der Waals surface area contributed by atoms with Gasteiger partial charge < -0.3 is 23.7 Å². The predicted molar refractivity (Wildman–Crippen MR) is 128 cm³/mol. The van der Waals surface area contributed by atoms with Crippen LogP contribution in [0.3, 0.4) is 0 Å². The summed E-state index contributed by atoms with van der Waals surface area (Å²) in [5.74, 6) is 2.79. The standard InChI is InChI=1S/C27H47NO5/c1-26(2,22-28)6-4-3-5-7-29-8-9-30-10-11-31-12-13-32-14-15-33-27-19-23-16-24(20-27)18-25(17-23)21-27/h23-25H,3-21H2,1-2H3. The summed E-state index contributed by atoms with van der Waals surface area (Å²) in [6.07, 6.45) is 12.4. The van der Waals surface area contributed by atoms with Crippen LogP contribution in [0.4, 0.5) is 0 Å². The van der Waals surface area contributed by atoms with Crippen LogP contribution in [0.5, 0.6) is 0 Å². The Morgan fingerprint density at radius 2 is 1.12 bits per heavy atom. The van der Waals surface area contributed by atoms with Crippen molar-refractivity contribution in [1.29, 1.82) is 5.26 Å². The monoisotopic (exact) mass is 465 g/mol. The molecule has 0 spiro atoms. The lowest BCUT2D eigenvalue weighted by molar-refractivity contribution is -0.169. The summed E-state index contributed by atoms with van der Waals surface area (Å²) in [4.78, 5) is 0. The van der Waals surface area contributed by atoms with Crippen molar-refractivity contribution in [3.63, 3.8) is 0 Å². The molecule has 4 bridgehead atoms. The largest absolute Gasteiger partial charge is 0.379 e. The van der Waals surface area contributed by atoms with Gasteiger partial charge >= 0.3 is 0 Å². The van der Waals surface area contributed by atoms with Crippen LogP contribution in [0.25, 0.3) is 0 Å². The van der Waals surface area contributed by atoms with Gasteiger partial charge in [0.15, 0.2) is 0 Å². The minimum Gasteiger partial charge on any atom is -0.379 e. The van der Waals surface area contributed by atoms with Gasteiger partial charge in [-0.2, -0.15) is 5.26 Å². The minimum absolute atomic E-state index is 0.185. The van der Waals surface area contributed by atoms with E-state index in [-0.39, 0.29) is 11.0 Å². The molecule has 0 saturated heterocycles. The van der Waals surface area contributed by atoms with Gasteiger partial charge in [0.25, 0.3) is 0 Å². The van der Waals surface area contributed by atoms with Crippen molar-refractivity contribution >= 4 is 0 Å². The van der Waals surface area contributed by atoms with Crippen LogP contribution < -0.4 is 0 Å². The first-order valence-electron chi connectivity index (χ1n) is 13.4. The number of ether oxygens (including phenoxy) is 5.